The van der Waals surface area contributed by atoms with Gasteiger partial charge < -0.3 is 18.9 Å². The van der Waals surface area contributed by atoms with Crippen molar-refractivity contribution in [2.45, 2.75) is 19.3 Å². The summed E-state index contributed by atoms with van der Waals surface area (Å²) in [4.78, 5) is 18.9. The number of benzene rings is 2. The Balaban J connectivity index is 1.36. The zero-order chi connectivity index (χ0) is 19.1. The van der Waals surface area contributed by atoms with E-state index >= 15 is 0 Å². The summed E-state index contributed by atoms with van der Waals surface area (Å²) in [5.74, 6) is 2.30. The first-order valence-corrected chi connectivity index (χ1v) is 9.28. The summed E-state index contributed by atoms with van der Waals surface area (Å²) < 4.78 is 16.6. The van der Waals surface area contributed by atoms with Crippen LogP contribution in [0.2, 0.25) is 0 Å². The van der Waals surface area contributed by atoms with Crippen molar-refractivity contribution in [2.75, 3.05) is 24.7 Å². The number of carbonyl (C=O) groups is 1. The summed E-state index contributed by atoms with van der Waals surface area (Å²) in [6.07, 6.45) is 0.337. The van der Waals surface area contributed by atoms with E-state index in [4.69, 9.17) is 14.0 Å². The number of nitrogens with zero attached hydrogens (tertiary/aromatic N) is 3. The number of ether oxygens (including phenoxy) is 2. The van der Waals surface area contributed by atoms with Gasteiger partial charge in [-0.1, -0.05) is 35.0 Å². The van der Waals surface area contributed by atoms with Gasteiger partial charge in [0.2, 0.25) is 17.6 Å². The number of rotatable bonds is 3. The molecular formula is C21H19N3O4. The molecule has 1 amide bonds. The Kier molecular flexibility index (Phi) is 4.00. The molecule has 1 saturated heterocycles. The summed E-state index contributed by atoms with van der Waals surface area (Å²) in [7, 11) is 0. The standard InChI is InChI=1S/C21H19N3O4/c1-13-2-4-14(5-3-13)20-22-21(28-23-20)15-10-19(25)24(12-15)16-6-7-17-18(11-16)27-9-8-26-17/h2-7,11,15H,8-10,12H2,1H3/t15-/m1/s1. The van der Waals surface area contributed by atoms with Gasteiger partial charge in [-0.25, -0.2) is 0 Å². The lowest BCUT2D eigenvalue weighted by Gasteiger charge is -2.22. The molecule has 28 heavy (non-hydrogen) atoms. The summed E-state index contributed by atoms with van der Waals surface area (Å²) in [6, 6.07) is 13.5. The third-order valence-corrected chi connectivity index (χ3v) is 5.06. The quantitative estimate of drug-likeness (QED) is 0.697. The van der Waals surface area contributed by atoms with Gasteiger partial charge in [-0.3, -0.25) is 4.79 Å². The molecule has 7 nitrogen and oxygen atoms in total. The van der Waals surface area contributed by atoms with Crippen LogP contribution in [0, 0.1) is 6.92 Å². The molecule has 142 valence electrons. The van der Waals surface area contributed by atoms with E-state index in [0.717, 1.165) is 11.3 Å². The van der Waals surface area contributed by atoms with Crippen LogP contribution in [0.4, 0.5) is 5.69 Å². The topological polar surface area (TPSA) is 77.7 Å². The number of amides is 1. The number of aryl methyl sites for hydroxylation is 1. The SMILES string of the molecule is Cc1ccc(-c2noc([C@@H]3CC(=O)N(c4ccc5c(c4)OCCO5)C3)n2)cc1. The minimum Gasteiger partial charge on any atom is -0.486 e. The van der Waals surface area contributed by atoms with Gasteiger partial charge in [0, 0.05) is 30.3 Å². The van der Waals surface area contributed by atoms with Crippen molar-refractivity contribution >= 4 is 11.6 Å². The Morgan fingerprint density at radius 3 is 2.64 bits per heavy atom. The first kappa shape index (κ1) is 16.8. The van der Waals surface area contributed by atoms with E-state index in [1.165, 1.54) is 5.56 Å². The van der Waals surface area contributed by atoms with Crippen LogP contribution in [0.15, 0.2) is 47.0 Å². The molecule has 2 aromatic carbocycles. The third-order valence-electron chi connectivity index (χ3n) is 5.06. The fourth-order valence-corrected chi connectivity index (χ4v) is 3.54. The van der Waals surface area contributed by atoms with E-state index in [1.54, 1.807) is 4.90 Å². The predicted octanol–water partition coefficient (Wildman–Crippen LogP) is 3.34. The van der Waals surface area contributed by atoms with Gasteiger partial charge in [-0.05, 0) is 19.1 Å². The highest BCUT2D eigenvalue weighted by Crippen LogP contribution is 2.37. The highest BCUT2D eigenvalue weighted by atomic mass is 16.6. The molecule has 0 N–H and O–H groups in total. The van der Waals surface area contributed by atoms with Crippen molar-refractivity contribution in [1.82, 2.24) is 10.1 Å². The Morgan fingerprint density at radius 2 is 1.82 bits per heavy atom. The second-order valence-electron chi connectivity index (χ2n) is 7.06. The second-order valence-corrected chi connectivity index (χ2v) is 7.06. The molecular weight excluding hydrogens is 358 g/mol. The van der Waals surface area contributed by atoms with Crippen LogP contribution in [-0.4, -0.2) is 35.8 Å². The van der Waals surface area contributed by atoms with Gasteiger partial charge >= 0.3 is 0 Å². The van der Waals surface area contributed by atoms with Gasteiger partial charge in [0.1, 0.15) is 13.2 Å². The van der Waals surface area contributed by atoms with Crippen LogP contribution >= 0.6 is 0 Å². The van der Waals surface area contributed by atoms with Gasteiger partial charge in [0.25, 0.3) is 0 Å². The van der Waals surface area contributed by atoms with E-state index in [9.17, 15) is 4.79 Å². The molecule has 7 heteroatoms. The minimum absolute atomic E-state index is 0.0248. The highest BCUT2D eigenvalue weighted by molar-refractivity contribution is 5.96. The van der Waals surface area contributed by atoms with Crippen molar-refractivity contribution in [2.24, 2.45) is 0 Å². The molecule has 5 rings (SSSR count). The molecule has 1 aromatic heterocycles. The molecule has 0 aliphatic carbocycles. The first-order valence-electron chi connectivity index (χ1n) is 9.28. The minimum atomic E-state index is -0.132. The maximum atomic E-state index is 12.6. The maximum Gasteiger partial charge on any atom is 0.232 e. The monoisotopic (exact) mass is 377 g/mol. The van der Waals surface area contributed by atoms with E-state index in [1.807, 2.05) is 49.4 Å². The van der Waals surface area contributed by atoms with Gasteiger partial charge in [-0.2, -0.15) is 4.98 Å². The fourth-order valence-electron chi connectivity index (χ4n) is 3.54. The molecule has 2 aliphatic rings. The molecule has 0 unspecified atom stereocenters. The summed E-state index contributed by atoms with van der Waals surface area (Å²) in [5.41, 5.74) is 2.85. The van der Waals surface area contributed by atoms with Crippen molar-refractivity contribution in [3.8, 4) is 22.9 Å². The molecule has 3 heterocycles. The van der Waals surface area contributed by atoms with E-state index in [2.05, 4.69) is 10.1 Å². The van der Waals surface area contributed by atoms with Crippen molar-refractivity contribution in [3.05, 3.63) is 53.9 Å². The van der Waals surface area contributed by atoms with Gasteiger partial charge in [0.15, 0.2) is 11.5 Å². The Morgan fingerprint density at radius 1 is 1.04 bits per heavy atom. The van der Waals surface area contributed by atoms with Crippen LogP contribution in [-0.2, 0) is 4.79 Å². The maximum absolute atomic E-state index is 12.6. The molecule has 0 spiro atoms. The largest absolute Gasteiger partial charge is 0.486 e. The van der Waals surface area contributed by atoms with Crippen molar-refractivity contribution < 1.29 is 18.8 Å². The second kappa shape index (κ2) is 6.67. The number of fused-ring (bicyclic) bond motifs is 1. The summed E-state index contributed by atoms with van der Waals surface area (Å²) >= 11 is 0. The van der Waals surface area contributed by atoms with Crippen LogP contribution in [0.3, 0.4) is 0 Å². The van der Waals surface area contributed by atoms with Gasteiger partial charge in [0.05, 0.1) is 5.92 Å². The lowest BCUT2D eigenvalue weighted by Crippen LogP contribution is -2.24. The molecule has 0 radical (unpaired) electrons. The number of anilines is 1. The molecule has 0 bridgehead atoms. The Labute approximate surface area is 161 Å². The zero-order valence-corrected chi connectivity index (χ0v) is 15.4. The zero-order valence-electron chi connectivity index (χ0n) is 15.4. The fraction of sp³-hybridized carbons (Fsp3) is 0.286. The number of hydrogen-bond acceptors (Lipinski definition) is 6. The molecule has 1 atom stereocenters. The first-order chi connectivity index (χ1) is 13.7. The molecule has 3 aromatic rings. The van der Waals surface area contributed by atoms with Crippen LogP contribution < -0.4 is 14.4 Å². The Hall–Kier alpha value is -3.35. The number of aromatic nitrogens is 2. The smallest absolute Gasteiger partial charge is 0.232 e. The molecule has 0 saturated carbocycles. The summed E-state index contributed by atoms with van der Waals surface area (Å²) in [5, 5.41) is 4.09. The third kappa shape index (κ3) is 2.98. The lowest BCUT2D eigenvalue weighted by atomic mass is 10.1. The number of carbonyl (C=O) groups excluding carboxylic acids is 1. The van der Waals surface area contributed by atoms with Crippen molar-refractivity contribution in [1.29, 1.82) is 0 Å². The van der Waals surface area contributed by atoms with Crippen LogP contribution in [0.5, 0.6) is 11.5 Å². The van der Waals surface area contributed by atoms with Gasteiger partial charge in [-0.15, -0.1) is 0 Å². The van der Waals surface area contributed by atoms with Crippen LogP contribution in [0.1, 0.15) is 23.8 Å². The van der Waals surface area contributed by atoms with E-state index in [-0.39, 0.29) is 11.8 Å². The molecule has 1 fully saturated rings. The molecule has 2 aliphatic heterocycles. The van der Waals surface area contributed by atoms with Crippen LogP contribution in [0.25, 0.3) is 11.4 Å². The Bertz CT molecular complexity index is 1030. The summed E-state index contributed by atoms with van der Waals surface area (Å²) in [6.45, 7) is 3.57. The highest BCUT2D eigenvalue weighted by Gasteiger charge is 2.35. The normalized spacial score (nSPS) is 18.5. The average Bonchev–Trinajstić information content (AvgIpc) is 3.35. The van der Waals surface area contributed by atoms with Crippen molar-refractivity contribution in [3.63, 3.8) is 0 Å². The lowest BCUT2D eigenvalue weighted by molar-refractivity contribution is -0.117. The van der Waals surface area contributed by atoms with E-state index in [0.29, 0.717) is 49.4 Å². The average molecular weight is 377 g/mol. The predicted molar refractivity (Wildman–Crippen MR) is 102 cm³/mol. The number of hydrogen-bond donors (Lipinski definition) is 0. The van der Waals surface area contributed by atoms with E-state index < -0.39 is 0 Å².